The lowest BCUT2D eigenvalue weighted by Crippen LogP contribution is -2.56. The number of aromatic nitrogens is 1. The molecule has 16 nitrogen and oxygen atoms in total. The summed E-state index contributed by atoms with van der Waals surface area (Å²) < 4.78 is 7.55. The Bertz CT molecular complexity index is 1780. The summed E-state index contributed by atoms with van der Waals surface area (Å²) in [6, 6.07) is 11.5. The van der Waals surface area contributed by atoms with Gasteiger partial charge < -0.3 is 52.9 Å². The van der Waals surface area contributed by atoms with E-state index in [0.717, 1.165) is 12.2 Å². The van der Waals surface area contributed by atoms with Crippen molar-refractivity contribution in [2.24, 2.45) is 28.3 Å². The lowest BCUT2D eigenvalue weighted by Gasteiger charge is -2.27. The fourth-order valence-electron chi connectivity index (χ4n) is 5.64. The maximum atomic E-state index is 13.0. The van der Waals surface area contributed by atoms with E-state index < -0.39 is 60.1 Å². The van der Waals surface area contributed by atoms with Gasteiger partial charge in [0.25, 0.3) is 0 Å². The number of hydrogen-bond acceptors (Lipinski definition) is 8. The second-order valence-corrected chi connectivity index (χ2v) is 14.7. The van der Waals surface area contributed by atoms with Gasteiger partial charge in [-0.2, -0.15) is 0 Å². The van der Waals surface area contributed by atoms with Crippen LogP contribution < -0.4 is 38.5 Å². The predicted molar refractivity (Wildman–Crippen MR) is 211 cm³/mol. The van der Waals surface area contributed by atoms with Gasteiger partial charge in [-0.1, -0.05) is 45.9 Å². The average Bonchev–Trinajstić information content (AvgIpc) is 3.38. The van der Waals surface area contributed by atoms with Gasteiger partial charge in [-0.05, 0) is 83.1 Å². The number of benzene rings is 2. The van der Waals surface area contributed by atoms with Gasteiger partial charge in [0.15, 0.2) is 5.96 Å². The highest BCUT2D eigenvalue weighted by Crippen LogP contribution is 2.30. The third-order valence-corrected chi connectivity index (χ3v) is 8.08. The molecular formula is C38H59N9O7. The van der Waals surface area contributed by atoms with Crippen LogP contribution in [0.25, 0.3) is 21.8 Å². The second kappa shape index (κ2) is 20.6. The highest BCUT2D eigenvalue weighted by molar-refractivity contribution is 6.09. The first-order valence-electron chi connectivity index (χ1n) is 18.2. The van der Waals surface area contributed by atoms with Crippen LogP contribution in [0.4, 0.5) is 10.5 Å². The average molecular weight is 754 g/mol. The molecule has 0 aliphatic carbocycles. The van der Waals surface area contributed by atoms with Crippen molar-refractivity contribution in [2.45, 2.75) is 105 Å². The molecule has 1 heterocycles. The van der Waals surface area contributed by atoms with E-state index in [2.05, 4.69) is 74.1 Å². The zero-order valence-corrected chi connectivity index (χ0v) is 32.7. The Morgan fingerprint density at radius 3 is 2.11 bits per heavy atom. The molecule has 3 aromatic rings. The van der Waals surface area contributed by atoms with Crippen LogP contribution in [0.5, 0.6) is 0 Å². The summed E-state index contributed by atoms with van der Waals surface area (Å²) in [6.07, 6.45) is -0.102. The third-order valence-electron chi connectivity index (χ3n) is 8.08. The van der Waals surface area contributed by atoms with E-state index in [0.29, 0.717) is 6.42 Å². The van der Waals surface area contributed by atoms with Crippen molar-refractivity contribution in [3.63, 3.8) is 0 Å². The number of aryl methyl sites for hydroxylation is 1. The number of nitrogens with two attached hydrogens (primary N) is 3. The number of rotatable bonds is 16. The number of carboxylic acid groups (broad SMARTS) is 1. The van der Waals surface area contributed by atoms with E-state index in [1.54, 1.807) is 34.6 Å². The minimum absolute atomic E-state index is 0.0119. The van der Waals surface area contributed by atoms with E-state index in [1.165, 1.54) is 21.8 Å². The molecule has 0 bridgehead atoms. The van der Waals surface area contributed by atoms with Crippen molar-refractivity contribution in [1.82, 2.24) is 25.8 Å². The molecule has 0 saturated heterocycles. The summed E-state index contributed by atoms with van der Waals surface area (Å²) in [5.74, 6) is -3.57. The first-order valence-corrected chi connectivity index (χ1v) is 18.2. The van der Waals surface area contributed by atoms with Crippen LogP contribution in [-0.2, 0) is 30.5 Å². The minimum atomic E-state index is -1.24. The number of nitrogens with zero attached hydrogens (tertiary/aromatic N) is 2. The van der Waals surface area contributed by atoms with Crippen LogP contribution in [-0.4, -0.2) is 82.2 Å². The predicted octanol–water partition coefficient (Wildman–Crippen LogP) is 3.20. The number of carbonyl (C=O) groups is 5. The van der Waals surface area contributed by atoms with Gasteiger partial charge >= 0.3 is 12.1 Å². The summed E-state index contributed by atoms with van der Waals surface area (Å²) in [7, 11) is 0. The molecule has 16 heteroatoms. The molecule has 0 radical (unpaired) electrons. The highest BCUT2D eigenvalue weighted by atomic mass is 16.6. The van der Waals surface area contributed by atoms with E-state index in [9.17, 15) is 29.1 Å². The van der Waals surface area contributed by atoms with Gasteiger partial charge in [-0.25, -0.2) is 9.59 Å². The largest absolute Gasteiger partial charge is 0.480 e. The van der Waals surface area contributed by atoms with Crippen LogP contribution >= 0.6 is 0 Å². The van der Waals surface area contributed by atoms with Gasteiger partial charge in [0.2, 0.25) is 17.7 Å². The van der Waals surface area contributed by atoms with Crippen LogP contribution in [0, 0.1) is 11.8 Å². The topological polar surface area (TPSA) is 258 Å². The Labute approximate surface area is 317 Å². The summed E-state index contributed by atoms with van der Waals surface area (Å²) in [6.45, 7) is 15.1. The number of fused-ring (bicyclic) bond motifs is 3. The van der Waals surface area contributed by atoms with Crippen LogP contribution in [0.15, 0.2) is 47.5 Å². The minimum Gasteiger partial charge on any atom is -0.480 e. The Balaban J connectivity index is 0.000000511. The fraction of sp³-hybridized carbons (Fsp3) is 0.526. The number of hydrogen-bond donors (Lipinski definition) is 8. The number of anilines is 1. The summed E-state index contributed by atoms with van der Waals surface area (Å²) in [4.78, 5) is 65.5. The molecule has 3 rings (SSSR count). The van der Waals surface area contributed by atoms with Crippen molar-refractivity contribution in [3.8, 4) is 0 Å². The monoisotopic (exact) mass is 753 g/mol. The van der Waals surface area contributed by atoms with Gasteiger partial charge in [0.05, 0.1) is 6.54 Å². The van der Waals surface area contributed by atoms with E-state index in [-0.39, 0.29) is 37.2 Å². The Kier molecular flexibility index (Phi) is 17.1. The Hall–Kier alpha value is -5.54. The van der Waals surface area contributed by atoms with E-state index >= 15 is 0 Å². The summed E-state index contributed by atoms with van der Waals surface area (Å²) in [5.41, 5.74) is 18.9. The van der Waals surface area contributed by atoms with Gasteiger partial charge in [0.1, 0.15) is 23.7 Å². The SMILES string of the molecule is CC(C)C[C@H](NC(=O)[C@@H](NC(=O)OC(C)(C)C)C(C)C)C(=O)NCC(=O)N[C@@H](CCCN=C(N)N)C(=O)O.CCn1c2ccccc2c2cc(N)ccc21. The number of ether oxygens (including phenoxy) is 1. The summed E-state index contributed by atoms with van der Waals surface area (Å²) in [5, 5.41) is 21.8. The third kappa shape index (κ3) is 14.5. The standard InChI is InChI=1S/C24H45N7O7.C14H14N2/c1-13(2)11-16(30-20(34)18(14(3)4)31-23(37)38-24(5,6)7)19(33)28-12-17(32)29-15(21(35)36)9-8-10-27-22(25)26;1-2-16-13-6-4-3-5-11(13)12-9-10(15)7-8-14(12)16/h13-16,18H,8-12H2,1-7H3,(H,28,33)(H,29,32)(H,30,34)(H,31,37)(H,35,36)(H4,25,26,27);3-9H,2,15H2,1H3/t15-,16-,18-;/m0./s1. The molecule has 0 saturated carbocycles. The normalized spacial score (nSPS) is 12.9. The van der Waals surface area contributed by atoms with E-state index in [1.807, 2.05) is 19.9 Å². The van der Waals surface area contributed by atoms with Gasteiger partial charge in [0, 0.05) is 40.6 Å². The highest BCUT2D eigenvalue weighted by Gasteiger charge is 2.31. The number of guanidine groups is 1. The van der Waals surface area contributed by atoms with Gasteiger partial charge in [-0.3, -0.25) is 19.4 Å². The molecule has 0 fully saturated rings. The van der Waals surface area contributed by atoms with Crippen molar-refractivity contribution in [3.05, 3.63) is 42.5 Å². The quantitative estimate of drug-likeness (QED) is 0.0459. The summed E-state index contributed by atoms with van der Waals surface area (Å²) >= 11 is 0. The number of nitrogen functional groups attached to an aromatic ring is 1. The number of amides is 4. The molecule has 0 unspecified atom stereocenters. The van der Waals surface area contributed by atoms with Gasteiger partial charge in [-0.15, -0.1) is 0 Å². The molecule has 2 aromatic carbocycles. The van der Waals surface area contributed by atoms with Crippen molar-refractivity contribution in [2.75, 3.05) is 18.8 Å². The van der Waals surface area contributed by atoms with Crippen molar-refractivity contribution >= 4 is 63.2 Å². The van der Waals surface area contributed by atoms with Crippen LogP contribution in [0.3, 0.4) is 0 Å². The Morgan fingerprint density at radius 1 is 0.889 bits per heavy atom. The number of nitrogens with one attached hydrogen (secondary N) is 4. The number of aliphatic carboxylic acids is 1. The van der Waals surface area contributed by atoms with Crippen LogP contribution in [0.1, 0.15) is 74.7 Å². The first-order chi connectivity index (χ1) is 25.2. The number of carbonyl (C=O) groups excluding carboxylic acids is 4. The van der Waals surface area contributed by atoms with Crippen molar-refractivity contribution < 1.29 is 33.8 Å². The lowest BCUT2D eigenvalue weighted by atomic mass is 10.00. The number of alkyl carbamates (subject to hydrolysis) is 1. The molecule has 0 aliphatic heterocycles. The molecule has 3 atom stereocenters. The smallest absolute Gasteiger partial charge is 0.408 e. The fourth-order valence-corrected chi connectivity index (χ4v) is 5.64. The second-order valence-electron chi connectivity index (χ2n) is 14.7. The molecule has 4 amide bonds. The zero-order valence-electron chi connectivity index (χ0n) is 32.7. The maximum absolute atomic E-state index is 13.0. The molecular weight excluding hydrogens is 694 g/mol. The lowest BCUT2D eigenvalue weighted by molar-refractivity contribution is -0.142. The molecule has 0 spiro atoms. The number of carboxylic acids is 1. The Morgan fingerprint density at radius 2 is 1.54 bits per heavy atom. The molecule has 1 aromatic heterocycles. The first kappa shape index (κ1) is 44.6. The molecule has 11 N–H and O–H groups in total. The molecule has 0 aliphatic rings. The van der Waals surface area contributed by atoms with Crippen molar-refractivity contribution in [1.29, 1.82) is 0 Å². The zero-order chi connectivity index (χ0) is 40.7. The van der Waals surface area contributed by atoms with E-state index in [4.69, 9.17) is 21.9 Å². The van der Waals surface area contributed by atoms with Crippen LogP contribution in [0.2, 0.25) is 0 Å². The molecule has 54 heavy (non-hydrogen) atoms. The number of para-hydroxylation sites is 1. The molecule has 298 valence electrons. The number of aliphatic imine (C=N–C) groups is 1. The maximum Gasteiger partial charge on any atom is 0.408 e.